The molecule has 1 rings (SSSR count). The van der Waals surface area contributed by atoms with Crippen LogP contribution in [0.3, 0.4) is 0 Å². The van der Waals surface area contributed by atoms with Gasteiger partial charge in [-0.2, -0.15) is 0 Å². The number of benzene rings is 1. The average Bonchev–Trinajstić information content (AvgIpc) is 2.22. The fraction of sp³-hybridized carbons (Fsp3) is 0.111. The van der Waals surface area contributed by atoms with Crippen LogP contribution in [0.5, 0.6) is 5.75 Å². The molecule has 0 spiro atoms. The normalized spacial score (nSPS) is 9.75. The van der Waals surface area contributed by atoms with Gasteiger partial charge in [-0.1, -0.05) is 23.2 Å². The maximum absolute atomic E-state index is 11.3. The van der Waals surface area contributed by atoms with Gasteiger partial charge in [0.1, 0.15) is 5.75 Å². The summed E-state index contributed by atoms with van der Waals surface area (Å²) in [4.78, 5) is 22.5. The highest BCUT2D eigenvalue weighted by atomic mass is 35.5. The zero-order valence-electron chi connectivity index (χ0n) is 8.04. The van der Waals surface area contributed by atoms with Crippen molar-refractivity contribution in [3.8, 4) is 5.75 Å². The third kappa shape index (κ3) is 3.27. The zero-order valence-corrected chi connectivity index (χ0v) is 10.3. The Morgan fingerprint density at radius 3 is 2.38 bits per heavy atom. The molecule has 0 saturated heterocycles. The highest BCUT2D eigenvalue weighted by Crippen LogP contribution is 2.26. The first kappa shape index (κ1) is 13.1. The van der Waals surface area contributed by atoms with Crippen molar-refractivity contribution in [3.63, 3.8) is 0 Å². The highest BCUT2D eigenvalue weighted by molar-refractivity contribution is 6.63. The Hall–Kier alpha value is -0.970. The smallest absolute Gasteiger partial charge is 0.410 e. The quantitative estimate of drug-likeness (QED) is 0.581. The molecular formula is C9H6Cl3NO3. The minimum atomic E-state index is -0.940. The first-order valence-corrected chi connectivity index (χ1v) is 5.15. The van der Waals surface area contributed by atoms with Gasteiger partial charge >= 0.3 is 11.5 Å². The average molecular weight is 283 g/mol. The zero-order chi connectivity index (χ0) is 12.3. The summed E-state index contributed by atoms with van der Waals surface area (Å²) in [5.74, 6) is 0.171. The standard InChI is InChI=1S/C9H6Cl3NO3/c1-13(8(12)14)9(15)16-5-2-3-6(10)7(11)4-5/h2-4H,1H3. The molecule has 0 saturated carbocycles. The SMILES string of the molecule is CN(C(=O)Cl)C(=O)Oc1ccc(Cl)c(Cl)c1. The Morgan fingerprint density at radius 1 is 1.25 bits per heavy atom. The second kappa shape index (κ2) is 5.39. The van der Waals surface area contributed by atoms with Gasteiger partial charge in [0.05, 0.1) is 10.0 Å². The van der Waals surface area contributed by atoms with E-state index in [0.717, 1.165) is 0 Å². The van der Waals surface area contributed by atoms with Crippen molar-refractivity contribution in [1.29, 1.82) is 0 Å². The summed E-state index contributed by atoms with van der Waals surface area (Å²) in [6, 6.07) is 4.27. The lowest BCUT2D eigenvalue weighted by Gasteiger charge is -2.11. The Bertz CT molecular complexity index is 436. The Labute approximate surface area is 107 Å². The summed E-state index contributed by atoms with van der Waals surface area (Å²) in [7, 11) is 1.19. The van der Waals surface area contributed by atoms with Crippen LogP contribution in [0.1, 0.15) is 0 Å². The molecule has 2 amide bonds. The summed E-state index contributed by atoms with van der Waals surface area (Å²) in [5.41, 5.74) is 0. The first-order chi connectivity index (χ1) is 7.41. The van der Waals surface area contributed by atoms with Crippen molar-refractivity contribution >= 4 is 46.3 Å². The van der Waals surface area contributed by atoms with Crippen molar-refractivity contribution in [2.75, 3.05) is 7.05 Å². The monoisotopic (exact) mass is 281 g/mol. The van der Waals surface area contributed by atoms with E-state index in [4.69, 9.17) is 39.5 Å². The van der Waals surface area contributed by atoms with Gasteiger partial charge in [-0.3, -0.25) is 4.79 Å². The van der Waals surface area contributed by atoms with Crippen molar-refractivity contribution in [3.05, 3.63) is 28.2 Å². The molecule has 0 radical (unpaired) electrons. The molecular weight excluding hydrogens is 276 g/mol. The van der Waals surface area contributed by atoms with E-state index in [9.17, 15) is 9.59 Å². The molecule has 0 aliphatic rings. The maximum Gasteiger partial charge on any atom is 0.422 e. The highest BCUT2D eigenvalue weighted by Gasteiger charge is 2.16. The number of hydrogen-bond acceptors (Lipinski definition) is 3. The van der Waals surface area contributed by atoms with Gasteiger partial charge in [0.25, 0.3) is 0 Å². The lowest BCUT2D eigenvalue weighted by atomic mass is 10.3. The van der Waals surface area contributed by atoms with Crippen LogP contribution in [-0.2, 0) is 0 Å². The molecule has 0 heterocycles. The van der Waals surface area contributed by atoms with Crippen molar-refractivity contribution in [1.82, 2.24) is 4.90 Å². The van der Waals surface area contributed by atoms with Gasteiger partial charge in [-0.15, -0.1) is 0 Å². The van der Waals surface area contributed by atoms with E-state index in [1.807, 2.05) is 0 Å². The molecule has 0 aliphatic carbocycles. The molecule has 1 aromatic rings. The number of imide groups is 1. The fourth-order valence-electron chi connectivity index (χ4n) is 0.781. The van der Waals surface area contributed by atoms with Gasteiger partial charge in [0.2, 0.25) is 0 Å². The van der Waals surface area contributed by atoms with Crippen LogP contribution in [-0.4, -0.2) is 23.4 Å². The summed E-state index contributed by atoms with van der Waals surface area (Å²) in [6.07, 6.45) is -0.904. The summed E-state index contributed by atoms with van der Waals surface area (Å²) in [6.45, 7) is 0. The number of hydrogen-bond donors (Lipinski definition) is 0. The minimum Gasteiger partial charge on any atom is -0.410 e. The number of ether oxygens (including phenoxy) is 1. The van der Waals surface area contributed by atoms with Crippen LogP contribution in [0.15, 0.2) is 18.2 Å². The number of amides is 2. The number of halogens is 3. The molecule has 0 atom stereocenters. The van der Waals surface area contributed by atoms with E-state index in [2.05, 4.69) is 0 Å². The second-order valence-electron chi connectivity index (χ2n) is 2.76. The lowest BCUT2D eigenvalue weighted by molar-refractivity contribution is 0.170. The Balaban J connectivity index is 2.77. The van der Waals surface area contributed by atoms with E-state index >= 15 is 0 Å². The predicted molar refractivity (Wildman–Crippen MR) is 61.5 cm³/mol. The molecule has 0 unspecified atom stereocenters. The Kier molecular flexibility index (Phi) is 4.41. The maximum atomic E-state index is 11.3. The molecule has 0 N–H and O–H groups in total. The minimum absolute atomic E-state index is 0.171. The third-order valence-electron chi connectivity index (χ3n) is 1.63. The van der Waals surface area contributed by atoms with Gasteiger partial charge < -0.3 is 4.74 Å². The number of nitrogens with zero attached hydrogens (tertiary/aromatic N) is 1. The van der Waals surface area contributed by atoms with E-state index in [1.165, 1.54) is 25.2 Å². The molecule has 7 heteroatoms. The van der Waals surface area contributed by atoms with E-state index in [-0.39, 0.29) is 10.8 Å². The molecule has 0 aromatic heterocycles. The van der Waals surface area contributed by atoms with Crippen LogP contribution < -0.4 is 4.74 Å². The van der Waals surface area contributed by atoms with Crippen molar-refractivity contribution in [2.24, 2.45) is 0 Å². The number of carbonyl (C=O) groups excluding carboxylic acids is 2. The number of rotatable bonds is 1. The van der Waals surface area contributed by atoms with Crippen molar-refractivity contribution in [2.45, 2.75) is 0 Å². The van der Waals surface area contributed by atoms with E-state index < -0.39 is 11.5 Å². The molecule has 1 aromatic carbocycles. The van der Waals surface area contributed by atoms with Gasteiger partial charge in [-0.25, -0.2) is 9.69 Å². The summed E-state index contributed by atoms with van der Waals surface area (Å²) >= 11 is 16.5. The first-order valence-electron chi connectivity index (χ1n) is 4.02. The topological polar surface area (TPSA) is 46.6 Å². The molecule has 4 nitrogen and oxygen atoms in total. The van der Waals surface area contributed by atoms with E-state index in [0.29, 0.717) is 9.92 Å². The molecule has 0 bridgehead atoms. The summed E-state index contributed by atoms with van der Waals surface area (Å²) in [5, 5.41) is -0.361. The molecule has 86 valence electrons. The second-order valence-corrected chi connectivity index (χ2v) is 3.89. The third-order valence-corrected chi connectivity index (χ3v) is 2.63. The van der Waals surface area contributed by atoms with Crippen LogP contribution in [0.25, 0.3) is 0 Å². The molecule has 0 aliphatic heterocycles. The van der Waals surface area contributed by atoms with Crippen LogP contribution in [0.2, 0.25) is 10.0 Å². The van der Waals surface area contributed by atoms with Crippen LogP contribution >= 0.6 is 34.8 Å². The van der Waals surface area contributed by atoms with Gasteiger partial charge in [0, 0.05) is 13.1 Å². The van der Waals surface area contributed by atoms with Gasteiger partial charge in [0.15, 0.2) is 0 Å². The summed E-state index contributed by atoms with van der Waals surface area (Å²) < 4.78 is 4.81. The molecule has 0 fully saturated rings. The lowest BCUT2D eigenvalue weighted by Crippen LogP contribution is -2.31. The van der Waals surface area contributed by atoms with Crippen LogP contribution in [0.4, 0.5) is 9.59 Å². The van der Waals surface area contributed by atoms with Gasteiger partial charge in [-0.05, 0) is 23.7 Å². The molecule has 16 heavy (non-hydrogen) atoms. The van der Waals surface area contributed by atoms with Crippen LogP contribution in [0, 0.1) is 0 Å². The Morgan fingerprint density at radius 2 is 1.88 bits per heavy atom. The fourth-order valence-corrected chi connectivity index (χ4v) is 1.14. The largest absolute Gasteiger partial charge is 0.422 e. The number of carbonyl (C=O) groups is 2. The predicted octanol–water partition coefficient (Wildman–Crippen LogP) is 3.78. The van der Waals surface area contributed by atoms with E-state index in [1.54, 1.807) is 0 Å². The van der Waals surface area contributed by atoms with Crippen molar-refractivity contribution < 1.29 is 14.3 Å².